The average molecular weight is 179 g/mol. The van der Waals surface area contributed by atoms with Gasteiger partial charge in [0.05, 0.1) is 7.11 Å². The summed E-state index contributed by atoms with van der Waals surface area (Å²) < 4.78 is 9.64. The fourth-order valence-corrected chi connectivity index (χ4v) is 0.650. The molecule has 0 fully saturated rings. The molecular weight excluding hydrogens is 168 g/mol. The van der Waals surface area contributed by atoms with Gasteiger partial charge in [0.1, 0.15) is 5.76 Å². The van der Waals surface area contributed by atoms with E-state index in [2.05, 4.69) is 5.16 Å². The summed E-state index contributed by atoms with van der Waals surface area (Å²) in [6.07, 6.45) is 0.705. The van der Waals surface area contributed by atoms with Gasteiger partial charge >= 0.3 is 0 Å². The van der Waals surface area contributed by atoms with Gasteiger partial charge in [0.15, 0.2) is 0 Å². The highest BCUT2D eigenvalue weighted by atomic mass is 35.5. The molecule has 0 unspecified atom stereocenters. The fourth-order valence-electron chi connectivity index (χ4n) is 0.650. The van der Waals surface area contributed by atoms with Crippen LogP contribution in [-0.2, 0) is 6.42 Å². The Bertz CT molecular complexity index is 202. The zero-order valence-electron chi connectivity index (χ0n) is 6.24. The SMILES string of the molecule is COc1cc(CCN)on1.Cl. The van der Waals surface area contributed by atoms with Crippen molar-refractivity contribution in [1.82, 2.24) is 5.16 Å². The van der Waals surface area contributed by atoms with Crippen molar-refractivity contribution in [2.45, 2.75) is 6.42 Å². The van der Waals surface area contributed by atoms with E-state index in [4.69, 9.17) is 15.0 Å². The normalized spacial score (nSPS) is 8.91. The van der Waals surface area contributed by atoms with Gasteiger partial charge in [-0.05, 0) is 11.7 Å². The predicted octanol–water partition coefficient (Wildman–Crippen LogP) is 0.606. The van der Waals surface area contributed by atoms with Crippen LogP contribution in [0.4, 0.5) is 0 Å². The van der Waals surface area contributed by atoms with E-state index in [1.165, 1.54) is 0 Å². The molecule has 1 rings (SSSR count). The highest BCUT2D eigenvalue weighted by Crippen LogP contribution is 2.09. The third-order valence-electron chi connectivity index (χ3n) is 1.14. The zero-order chi connectivity index (χ0) is 7.40. The third kappa shape index (κ3) is 2.78. The van der Waals surface area contributed by atoms with Gasteiger partial charge in [0.2, 0.25) is 0 Å². The second-order valence-electron chi connectivity index (χ2n) is 1.87. The predicted molar refractivity (Wildman–Crippen MR) is 43.1 cm³/mol. The van der Waals surface area contributed by atoms with Crippen LogP contribution in [0.1, 0.15) is 5.76 Å². The number of methoxy groups -OCH3 is 1. The topological polar surface area (TPSA) is 61.3 Å². The summed E-state index contributed by atoms with van der Waals surface area (Å²) in [7, 11) is 1.55. The highest BCUT2D eigenvalue weighted by Gasteiger charge is 2.00. The Morgan fingerprint density at radius 1 is 1.73 bits per heavy atom. The van der Waals surface area contributed by atoms with Gasteiger partial charge in [-0.2, -0.15) is 0 Å². The Morgan fingerprint density at radius 2 is 2.45 bits per heavy atom. The number of nitrogens with two attached hydrogens (primary N) is 1. The van der Waals surface area contributed by atoms with Crippen molar-refractivity contribution in [2.24, 2.45) is 5.73 Å². The van der Waals surface area contributed by atoms with Crippen molar-refractivity contribution < 1.29 is 9.26 Å². The van der Waals surface area contributed by atoms with Gasteiger partial charge in [0, 0.05) is 12.5 Å². The number of rotatable bonds is 3. The smallest absolute Gasteiger partial charge is 0.254 e. The van der Waals surface area contributed by atoms with Gasteiger partial charge < -0.3 is 15.0 Å². The lowest BCUT2D eigenvalue weighted by Crippen LogP contribution is -2.01. The maximum absolute atomic E-state index is 5.28. The molecule has 5 heteroatoms. The lowest BCUT2D eigenvalue weighted by Gasteiger charge is -1.85. The molecule has 0 atom stereocenters. The molecule has 0 radical (unpaired) electrons. The standard InChI is InChI=1S/C6H10N2O2.ClH/c1-9-6-4-5(2-3-7)10-8-6;/h4H,2-3,7H2,1H3;1H. The number of aromatic nitrogens is 1. The summed E-state index contributed by atoms with van der Waals surface area (Å²) in [5.41, 5.74) is 5.28. The largest absolute Gasteiger partial charge is 0.479 e. The molecule has 1 aromatic rings. The van der Waals surface area contributed by atoms with Gasteiger partial charge in [0.25, 0.3) is 5.88 Å². The summed E-state index contributed by atoms with van der Waals surface area (Å²) in [5, 5.41) is 3.60. The average Bonchev–Trinajstić information content (AvgIpc) is 2.37. The van der Waals surface area contributed by atoms with Crippen molar-refractivity contribution in [3.05, 3.63) is 11.8 Å². The number of hydrogen-bond acceptors (Lipinski definition) is 4. The molecule has 64 valence electrons. The van der Waals surface area contributed by atoms with Crippen molar-refractivity contribution in [2.75, 3.05) is 13.7 Å². The number of ether oxygens (including phenoxy) is 1. The summed E-state index contributed by atoms with van der Waals surface area (Å²) in [6.45, 7) is 0.568. The summed E-state index contributed by atoms with van der Waals surface area (Å²) in [4.78, 5) is 0. The molecule has 0 aliphatic rings. The Balaban J connectivity index is 0.000001000. The maximum Gasteiger partial charge on any atom is 0.254 e. The third-order valence-corrected chi connectivity index (χ3v) is 1.14. The van der Waals surface area contributed by atoms with Crippen molar-refractivity contribution in [3.63, 3.8) is 0 Å². The van der Waals surface area contributed by atoms with Crippen LogP contribution >= 0.6 is 12.4 Å². The molecule has 0 amide bonds. The van der Waals surface area contributed by atoms with Crippen LogP contribution in [0.15, 0.2) is 10.6 Å². The van der Waals surface area contributed by atoms with E-state index in [0.29, 0.717) is 18.8 Å². The number of nitrogens with zero attached hydrogens (tertiary/aromatic N) is 1. The van der Waals surface area contributed by atoms with Crippen LogP contribution in [0.25, 0.3) is 0 Å². The van der Waals surface area contributed by atoms with Crippen LogP contribution in [0.2, 0.25) is 0 Å². The summed E-state index contributed by atoms with van der Waals surface area (Å²) in [5.74, 6) is 1.27. The molecule has 1 heterocycles. The first-order valence-corrected chi connectivity index (χ1v) is 3.06. The second kappa shape index (κ2) is 4.98. The minimum atomic E-state index is 0. The van der Waals surface area contributed by atoms with Crippen LogP contribution in [-0.4, -0.2) is 18.8 Å². The fraction of sp³-hybridized carbons (Fsp3) is 0.500. The molecule has 0 saturated carbocycles. The van der Waals surface area contributed by atoms with E-state index in [0.717, 1.165) is 5.76 Å². The Hall–Kier alpha value is -0.740. The van der Waals surface area contributed by atoms with Crippen LogP contribution in [0.5, 0.6) is 5.88 Å². The summed E-state index contributed by atoms with van der Waals surface area (Å²) >= 11 is 0. The van der Waals surface area contributed by atoms with E-state index in [1.54, 1.807) is 13.2 Å². The van der Waals surface area contributed by atoms with Gasteiger partial charge in [-0.3, -0.25) is 0 Å². The maximum atomic E-state index is 5.28. The van der Waals surface area contributed by atoms with Crippen LogP contribution < -0.4 is 10.5 Å². The van der Waals surface area contributed by atoms with Crippen molar-refractivity contribution in [3.8, 4) is 5.88 Å². The molecule has 0 saturated heterocycles. The monoisotopic (exact) mass is 178 g/mol. The molecule has 4 nitrogen and oxygen atoms in total. The van der Waals surface area contributed by atoms with E-state index < -0.39 is 0 Å². The molecule has 2 N–H and O–H groups in total. The van der Waals surface area contributed by atoms with Crippen molar-refractivity contribution >= 4 is 12.4 Å². The molecular formula is C6H11ClN2O2. The molecule has 11 heavy (non-hydrogen) atoms. The number of halogens is 1. The molecule has 0 aliphatic carbocycles. The van der Waals surface area contributed by atoms with E-state index in [-0.39, 0.29) is 12.4 Å². The Kier molecular flexibility index (Phi) is 4.65. The molecule has 0 bridgehead atoms. The van der Waals surface area contributed by atoms with Crippen LogP contribution in [0, 0.1) is 0 Å². The first kappa shape index (κ1) is 10.3. The van der Waals surface area contributed by atoms with Gasteiger partial charge in [-0.15, -0.1) is 12.4 Å². The van der Waals surface area contributed by atoms with E-state index in [1.807, 2.05) is 0 Å². The number of hydrogen-bond donors (Lipinski definition) is 1. The van der Waals surface area contributed by atoms with Gasteiger partial charge in [-0.25, -0.2) is 0 Å². The highest BCUT2D eigenvalue weighted by molar-refractivity contribution is 5.85. The second-order valence-corrected chi connectivity index (χ2v) is 1.87. The van der Waals surface area contributed by atoms with E-state index in [9.17, 15) is 0 Å². The zero-order valence-corrected chi connectivity index (χ0v) is 7.06. The molecule has 0 aromatic carbocycles. The first-order chi connectivity index (χ1) is 4.86. The Morgan fingerprint density at radius 3 is 2.91 bits per heavy atom. The molecule has 0 spiro atoms. The van der Waals surface area contributed by atoms with Crippen molar-refractivity contribution in [1.29, 1.82) is 0 Å². The lowest BCUT2D eigenvalue weighted by atomic mass is 10.3. The first-order valence-electron chi connectivity index (χ1n) is 3.06. The van der Waals surface area contributed by atoms with Gasteiger partial charge in [-0.1, -0.05) is 0 Å². The molecule has 1 aromatic heterocycles. The Labute approximate surface area is 71.1 Å². The minimum Gasteiger partial charge on any atom is -0.479 e. The lowest BCUT2D eigenvalue weighted by molar-refractivity contribution is 0.327. The van der Waals surface area contributed by atoms with Crippen LogP contribution in [0.3, 0.4) is 0 Å². The van der Waals surface area contributed by atoms with E-state index >= 15 is 0 Å². The molecule has 0 aliphatic heterocycles. The minimum absolute atomic E-state index is 0. The quantitative estimate of drug-likeness (QED) is 0.737. The summed E-state index contributed by atoms with van der Waals surface area (Å²) in [6, 6.07) is 1.73.